The number of hydrogen-bond acceptors (Lipinski definition) is 5. The van der Waals surface area contributed by atoms with Crippen LogP contribution in [0.25, 0.3) is 0 Å². The normalized spacial score (nSPS) is 9.80. The van der Waals surface area contributed by atoms with Crippen LogP contribution in [-0.4, -0.2) is 10.2 Å². The Kier molecular flexibility index (Phi) is 4.62. The van der Waals surface area contributed by atoms with Crippen LogP contribution in [-0.2, 0) is 11.3 Å². The molecule has 0 aliphatic carbocycles. The van der Waals surface area contributed by atoms with Crippen LogP contribution in [0.15, 0.2) is 54.6 Å². The Bertz CT molecular complexity index is 616. The average molecular weight is 289 g/mol. The van der Waals surface area contributed by atoms with Crippen LogP contribution >= 0.6 is 12.2 Å². The molecule has 2 aromatic rings. The van der Waals surface area contributed by atoms with Crippen molar-refractivity contribution in [1.82, 2.24) is 0 Å². The molecular weight excluding hydrogens is 278 g/mol. The molecular formula is C14H11NO4S. The van der Waals surface area contributed by atoms with Crippen molar-refractivity contribution < 1.29 is 14.4 Å². The summed E-state index contributed by atoms with van der Waals surface area (Å²) in [4.78, 5) is 10.1. The molecule has 0 bridgehead atoms. The van der Waals surface area contributed by atoms with Crippen molar-refractivity contribution >= 4 is 23.1 Å². The zero-order chi connectivity index (χ0) is 14.4. The SMILES string of the molecule is O=[N+]([O-])c1cccc(OC(=S)OCc2ccccc2)c1. The third-order valence-electron chi connectivity index (χ3n) is 2.43. The largest absolute Gasteiger partial charge is 0.452 e. The van der Waals surface area contributed by atoms with Crippen molar-refractivity contribution in [3.8, 4) is 5.75 Å². The highest BCUT2D eigenvalue weighted by molar-refractivity contribution is 7.79. The Morgan fingerprint density at radius 3 is 2.60 bits per heavy atom. The second-order valence-corrected chi connectivity index (χ2v) is 4.21. The van der Waals surface area contributed by atoms with Crippen LogP contribution in [0.3, 0.4) is 0 Å². The number of rotatable bonds is 4. The molecule has 0 spiro atoms. The standard InChI is InChI=1S/C14H11NO4S/c16-15(17)12-7-4-8-13(9-12)19-14(20)18-10-11-5-2-1-3-6-11/h1-9H,10H2. The third kappa shape index (κ3) is 4.03. The number of benzene rings is 2. The molecule has 0 saturated carbocycles. The molecule has 0 aliphatic heterocycles. The van der Waals surface area contributed by atoms with Crippen molar-refractivity contribution in [2.24, 2.45) is 0 Å². The van der Waals surface area contributed by atoms with Crippen molar-refractivity contribution in [2.75, 3.05) is 0 Å². The minimum Gasteiger partial charge on any atom is -0.452 e. The minimum atomic E-state index is -0.499. The lowest BCUT2D eigenvalue weighted by Gasteiger charge is -2.08. The Hall–Kier alpha value is -2.47. The molecule has 0 atom stereocenters. The van der Waals surface area contributed by atoms with E-state index >= 15 is 0 Å². The predicted octanol–water partition coefficient (Wildman–Crippen LogP) is 3.48. The van der Waals surface area contributed by atoms with Gasteiger partial charge >= 0.3 is 5.24 Å². The van der Waals surface area contributed by atoms with Gasteiger partial charge in [0.05, 0.1) is 11.0 Å². The Morgan fingerprint density at radius 2 is 1.90 bits per heavy atom. The number of nitrogens with zero attached hydrogens (tertiary/aromatic N) is 1. The number of ether oxygens (including phenoxy) is 2. The fraction of sp³-hybridized carbons (Fsp3) is 0.0714. The molecule has 0 saturated heterocycles. The first-order valence-corrected chi connectivity index (χ1v) is 6.19. The summed E-state index contributed by atoms with van der Waals surface area (Å²) in [6.45, 7) is 0.286. The van der Waals surface area contributed by atoms with E-state index in [0.29, 0.717) is 0 Å². The molecule has 20 heavy (non-hydrogen) atoms. The van der Waals surface area contributed by atoms with Gasteiger partial charge in [-0.1, -0.05) is 36.4 Å². The molecule has 0 heterocycles. The highest BCUT2D eigenvalue weighted by Crippen LogP contribution is 2.19. The van der Waals surface area contributed by atoms with Crippen molar-refractivity contribution in [3.63, 3.8) is 0 Å². The van der Waals surface area contributed by atoms with Crippen LogP contribution in [0.5, 0.6) is 5.75 Å². The first kappa shape index (κ1) is 14.0. The summed E-state index contributed by atoms with van der Waals surface area (Å²) in [5, 5.41) is 10.6. The van der Waals surface area contributed by atoms with E-state index in [1.165, 1.54) is 18.2 Å². The van der Waals surface area contributed by atoms with E-state index in [4.69, 9.17) is 21.7 Å². The summed E-state index contributed by atoms with van der Waals surface area (Å²) in [6.07, 6.45) is 0. The summed E-state index contributed by atoms with van der Waals surface area (Å²) >= 11 is 4.93. The van der Waals surface area contributed by atoms with Crippen LogP contribution in [0.4, 0.5) is 5.69 Å². The van der Waals surface area contributed by atoms with Gasteiger partial charge in [0.15, 0.2) is 0 Å². The minimum absolute atomic E-state index is 0.0617. The molecule has 0 unspecified atom stereocenters. The van der Waals surface area contributed by atoms with Gasteiger partial charge in [0, 0.05) is 18.3 Å². The molecule has 0 aliphatic rings. The second-order valence-electron chi connectivity index (χ2n) is 3.88. The fourth-order valence-corrected chi connectivity index (χ4v) is 1.66. The maximum absolute atomic E-state index is 10.6. The first-order valence-electron chi connectivity index (χ1n) is 5.78. The summed E-state index contributed by atoms with van der Waals surface area (Å²) in [7, 11) is 0. The summed E-state index contributed by atoms with van der Waals surface area (Å²) < 4.78 is 10.5. The van der Waals surface area contributed by atoms with Crippen LogP contribution in [0, 0.1) is 10.1 Å². The van der Waals surface area contributed by atoms with Crippen molar-refractivity contribution in [1.29, 1.82) is 0 Å². The average Bonchev–Trinajstić information content (AvgIpc) is 2.46. The van der Waals surface area contributed by atoms with Gasteiger partial charge in [0.1, 0.15) is 12.4 Å². The molecule has 0 fully saturated rings. The van der Waals surface area contributed by atoms with Gasteiger partial charge in [-0.15, -0.1) is 0 Å². The van der Waals surface area contributed by atoms with Crippen LogP contribution in [0.1, 0.15) is 5.56 Å². The van der Waals surface area contributed by atoms with Crippen molar-refractivity contribution in [3.05, 3.63) is 70.3 Å². The van der Waals surface area contributed by atoms with Gasteiger partial charge in [-0.2, -0.15) is 0 Å². The molecule has 0 N–H and O–H groups in total. The lowest BCUT2D eigenvalue weighted by atomic mass is 10.2. The monoisotopic (exact) mass is 289 g/mol. The van der Waals surface area contributed by atoms with E-state index in [0.717, 1.165) is 5.56 Å². The zero-order valence-electron chi connectivity index (χ0n) is 10.4. The maximum atomic E-state index is 10.6. The number of non-ortho nitro benzene ring substituents is 1. The molecule has 6 heteroatoms. The number of thiocarbonyl (C=S) groups is 1. The summed E-state index contributed by atoms with van der Waals surface area (Å²) in [5.74, 6) is 0.275. The van der Waals surface area contributed by atoms with Gasteiger partial charge in [-0.05, 0) is 11.6 Å². The third-order valence-corrected chi connectivity index (χ3v) is 2.63. The summed E-state index contributed by atoms with van der Waals surface area (Å²) in [6, 6.07) is 15.2. The van der Waals surface area contributed by atoms with E-state index < -0.39 is 4.92 Å². The molecule has 5 nitrogen and oxygen atoms in total. The van der Waals surface area contributed by atoms with E-state index in [9.17, 15) is 10.1 Å². The van der Waals surface area contributed by atoms with E-state index in [1.54, 1.807) is 6.07 Å². The Morgan fingerprint density at radius 1 is 1.15 bits per heavy atom. The molecule has 2 rings (SSSR count). The topological polar surface area (TPSA) is 61.6 Å². The lowest BCUT2D eigenvalue weighted by molar-refractivity contribution is -0.384. The van der Waals surface area contributed by atoms with Gasteiger partial charge < -0.3 is 9.47 Å². The van der Waals surface area contributed by atoms with E-state index in [2.05, 4.69) is 0 Å². The molecule has 0 radical (unpaired) electrons. The molecule has 2 aromatic carbocycles. The zero-order valence-corrected chi connectivity index (χ0v) is 11.2. The highest BCUT2D eigenvalue weighted by Gasteiger charge is 2.08. The number of hydrogen-bond donors (Lipinski definition) is 0. The molecule has 0 aromatic heterocycles. The van der Waals surface area contributed by atoms with Crippen molar-refractivity contribution in [2.45, 2.75) is 6.61 Å². The van der Waals surface area contributed by atoms with Gasteiger partial charge in [0.2, 0.25) is 0 Å². The Balaban J connectivity index is 1.91. The Labute approximate surface area is 120 Å². The van der Waals surface area contributed by atoms with Gasteiger partial charge in [0.25, 0.3) is 5.69 Å². The quantitative estimate of drug-likeness (QED) is 0.490. The fourth-order valence-electron chi connectivity index (χ4n) is 1.50. The second kappa shape index (κ2) is 6.63. The maximum Gasteiger partial charge on any atom is 0.358 e. The first-order chi connectivity index (χ1) is 9.65. The molecule has 102 valence electrons. The van der Waals surface area contributed by atoms with Crippen LogP contribution < -0.4 is 4.74 Å². The van der Waals surface area contributed by atoms with E-state index in [-0.39, 0.29) is 23.3 Å². The number of nitro groups is 1. The predicted molar refractivity (Wildman–Crippen MR) is 77.6 cm³/mol. The van der Waals surface area contributed by atoms with Crippen LogP contribution in [0.2, 0.25) is 0 Å². The van der Waals surface area contributed by atoms with Gasteiger partial charge in [-0.3, -0.25) is 10.1 Å². The number of nitro benzene ring substituents is 1. The summed E-state index contributed by atoms with van der Waals surface area (Å²) in [5.41, 5.74) is 0.894. The highest BCUT2D eigenvalue weighted by atomic mass is 32.1. The van der Waals surface area contributed by atoms with E-state index in [1.807, 2.05) is 30.3 Å². The smallest absolute Gasteiger partial charge is 0.358 e. The molecule has 0 amide bonds. The lowest BCUT2D eigenvalue weighted by Crippen LogP contribution is -2.10. The van der Waals surface area contributed by atoms with Gasteiger partial charge in [-0.25, -0.2) is 0 Å².